The predicted octanol–water partition coefficient (Wildman–Crippen LogP) is 1.66. The smallest absolute Gasteiger partial charge is 0.00999 e. The van der Waals surface area contributed by atoms with Crippen LogP contribution < -0.4 is 0 Å². The molecule has 0 amide bonds. The molecule has 0 heterocycles. The second-order valence-electron chi connectivity index (χ2n) is 2.03. The van der Waals surface area contributed by atoms with Gasteiger partial charge in [0.15, 0.2) is 0 Å². The Hall–Kier alpha value is -0.740. The van der Waals surface area contributed by atoms with Gasteiger partial charge in [-0.1, -0.05) is 12.2 Å². The molecule has 0 aromatic rings. The van der Waals surface area contributed by atoms with Crippen molar-refractivity contribution in [2.45, 2.75) is 6.42 Å². The molecular formula is C7H6. The van der Waals surface area contributed by atoms with Crippen molar-refractivity contribution in [3.8, 4) is 0 Å². The maximum Gasteiger partial charge on any atom is 0.00999 e. The van der Waals surface area contributed by atoms with Gasteiger partial charge in [0.25, 0.3) is 0 Å². The van der Waals surface area contributed by atoms with Crippen LogP contribution in [-0.4, -0.2) is 0 Å². The second kappa shape index (κ2) is 0.907. The van der Waals surface area contributed by atoms with E-state index in [1.54, 1.807) is 0 Å². The third-order valence-electron chi connectivity index (χ3n) is 1.44. The molecule has 2 aliphatic rings. The van der Waals surface area contributed by atoms with Gasteiger partial charge in [-0.2, -0.15) is 0 Å². The van der Waals surface area contributed by atoms with E-state index < -0.39 is 0 Å². The molecule has 7 heavy (non-hydrogen) atoms. The highest BCUT2D eigenvalue weighted by atomic mass is 14.3. The summed E-state index contributed by atoms with van der Waals surface area (Å²) in [5.74, 6) is 0.796. The van der Waals surface area contributed by atoms with Crippen LogP contribution in [0.25, 0.3) is 0 Å². The molecule has 1 saturated carbocycles. The first kappa shape index (κ1) is 3.29. The lowest BCUT2D eigenvalue weighted by molar-refractivity contribution is 1.16. The van der Waals surface area contributed by atoms with Crippen LogP contribution in [0.4, 0.5) is 0 Å². The number of hydrogen-bond donors (Lipinski definition) is 0. The molecule has 0 nitrogen and oxygen atoms in total. The Morgan fingerprint density at radius 1 is 1.71 bits per heavy atom. The third-order valence-corrected chi connectivity index (χ3v) is 1.44. The molecule has 0 N–H and O–H groups in total. The lowest BCUT2D eigenvalue weighted by atomic mass is 10.3. The summed E-state index contributed by atoms with van der Waals surface area (Å²) in [6.45, 7) is 0. The van der Waals surface area contributed by atoms with E-state index in [0.717, 1.165) is 5.92 Å². The van der Waals surface area contributed by atoms with Crippen LogP contribution in [0.5, 0.6) is 0 Å². The van der Waals surface area contributed by atoms with Gasteiger partial charge in [-0.05, 0) is 18.1 Å². The molecule has 1 unspecified atom stereocenters. The van der Waals surface area contributed by atoms with Crippen molar-refractivity contribution in [1.82, 2.24) is 0 Å². The minimum absolute atomic E-state index is 0.796. The standard InChI is InChI=1S/C7H6/c1-2-4-7-5-6(7)3-1/h1-3,6H,5H2. The summed E-state index contributed by atoms with van der Waals surface area (Å²) in [5, 5.41) is 0. The molecule has 2 aliphatic carbocycles. The first-order valence-electron chi connectivity index (χ1n) is 2.59. The summed E-state index contributed by atoms with van der Waals surface area (Å²) >= 11 is 0. The van der Waals surface area contributed by atoms with Crippen molar-refractivity contribution in [3.63, 3.8) is 0 Å². The van der Waals surface area contributed by atoms with Crippen LogP contribution in [0.2, 0.25) is 0 Å². The van der Waals surface area contributed by atoms with Gasteiger partial charge in [0.05, 0.1) is 0 Å². The maximum absolute atomic E-state index is 3.16. The summed E-state index contributed by atoms with van der Waals surface area (Å²) in [7, 11) is 0. The molecule has 0 spiro atoms. The van der Waals surface area contributed by atoms with Crippen LogP contribution in [0, 0.1) is 5.92 Å². The molecule has 0 saturated heterocycles. The Morgan fingerprint density at radius 3 is 3.29 bits per heavy atom. The zero-order chi connectivity index (χ0) is 4.69. The van der Waals surface area contributed by atoms with Gasteiger partial charge in [0, 0.05) is 5.92 Å². The van der Waals surface area contributed by atoms with Crippen molar-refractivity contribution < 1.29 is 0 Å². The normalized spacial score (nSPS) is 32.0. The molecule has 1 fully saturated rings. The Bertz CT molecular complexity index is 178. The average Bonchev–Trinajstić information content (AvgIpc) is 2.41. The highest BCUT2D eigenvalue weighted by Gasteiger charge is 2.26. The molecule has 34 valence electrons. The fourth-order valence-electron chi connectivity index (χ4n) is 0.873. The number of rotatable bonds is 0. The van der Waals surface area contributed by atoms with Gasteiger partial charge < -0.3 is 0 Å². The summed E-state index contributed by atoms with van der Waals surface area (Å²) in [6.07, 6.45) is 7.55. The Balaban J connectivity index is 2.57. The Kier molecular flexibility index (Phi) is 0.426. The molecule has 2 rings (SSSR count). The number of fused-ring (bicyclic) bond motifs is 1. The third kappa shape index (κ3) is 0.372. The van der Waals surface area contributed by atoms with E-state index in [4.69, 9.17) is 0 Å². The van der Waals surface area contributed by atoms with Gasteiger partial charge in [-0.25, -0.2) is 0 Å². The van der Waals surface area contributed by atoms with E-state index in [2.05, 4.69) is 17.9 Å². The van der Waals surface area contributed by atoms with Gasteiger partial charge in [0.2, 0.25) is 0 Å². The summed E-state index contributed by atoms with van der Waals surface area (Å²) in [6, 6.07) is 0. The topological polar surface area (TPSA) is 0 Å². The lowest BCUT2D eigenvalue weighted by Crippen LogP contribution is -1.63. The monoisotopic (exact) mass is 90.0 g/mol. The minimum atomic E-state index is 0.796. The summed E-state index contributed by atoms with van der Waals surface area (Å²) in [5.41, 5.74) is 4.65. The second-order valence-corrected chi connectivity index (χ2v) is 2.03. The van der Waals surface area contributed by atoms with Crippen LogP contribution in [0.3, 0.4) is 0 Å². The fourth-order valence-corrected chi connectivity index (χ4v) is 0.873. The first-order valence-corrected chi connectivity index (χ1v) is 2.59. The van der Waals surface area contributed by atoms with Crippen LogP contribution in [-0.2, 0) is 0 Å². The Labute approximate surface area is 42.8 Å². The van der Waals surface area contributed by atoms with Gasteiger partial charge >= 0.3 is 0 Å². The maximum atomic E-state index is 3.16. The molecule has 0 heteroatoms. The van der Waals surface area contributed by atoms with Gasteiger partial charge in [-0.3, -0.25) is 0 Å². The molecule has 0 bridgehead atoms. The molecule has 0 aromatic carbocycles. The lowest BCUT2D eigenvalue weighted by Gasteiger charge is -1.78. The average molecular weight is 90.1 g/mol. The largest absolute Gasteiger partial charge is 0.121 e. The van der Waals surface area contributed by atoms with Crippen molar-refractivity contribution in [3.05, 3.63) is 29.5 Å². The van der Waals surface area contributed by atoms with Gasteiger partial charge in [-0.15, -0.1) is 5.73 Å². The van der Waals surface area contributed by atoms with Crippen molar-refractivity contribution in [2.75, 3.05) is 0 Å². The quantitative estimate of drug-likeness (QED) is 0.397. The zero-order valence-corrected chi connectivity index (χ0v) is 4.02. The minimum Gasteiger partial charge on any atom is -0.121 e. The van der Waals surface area contributed by atoms with E-state index in [-0.39, 0.29) is 0 Å². The van der Waals surface area contributed by atoms with Crippen molar-refractivity contribution >= 4 is 0 Å². The molecule has 0 aliphatic heterocycles. The number of allylic oxidation sites excluding steroid dienone is 3. The Morgan fingerprint density at radius 2 is 2.71 bits per heavy atom. The highest BCUT2D eigenvalue weighted by molar-refractivity contribution is 5.34. The van der Waals surface area contributed by atoms with E-state index in [9.17, 15) is 0 Å². The predicted molar refractivity (Wildman–Crippen MR) is 28.8 cm³/mol. The summed E-state index contributed by atoms with van der Waals surface area (Å²) < 4.78 is 0. The zero-order valence-electron chi connectivity index (χ0n) is 4.02. The van der Waals surface area contributed by atoms with E-state index >= 15 is 0 Å². The van der Waals surface area contributed by atoms with Crippen molar-refractivity contribution in [1.29, 1.82) is 0 Å². The van der Waals surface area contributed by atoms with E-state index in [1.807, 2.05) is 6.08 Å². The van der Waals surface area contributed by atoms with E-state index in [1.165, 1.54) is 12.0 Å². The molecule has 0 radical (unpaired) electrons. The van der Waals surface area contributed by atoms with Gasteiger partial charge in [0.1, 0.15) is 0 Å². The first-order chi connectivity index (χ1) is 3.47. The molecule has 1 atom stereocenters. The van der Waals surface area contributed by atoms with E-state index in [0.29, 0.717) is 0 Å². The highest BCUT2D eigenvalue weighted by Crippen LogP contribution is 2.38. The van der Waals surface area contributed by atoms with Crippen LogP contribution in [0.15, 0.2) is 29.5 Å². The number of hydrogen-bond acceptors (Lipinski definition) is 0. The fraction of sp³-hybridized carbons (Fsp3) is 0.286. The van der Waals surface area contributed by atoms with Crippen molar-refractivity contribution in [2.24, 2.45) is 5.92 Å². The molecule has 0 aromatic heterocycles. The van der Waals surface area contributed by atoms with Crippen LogP contribution in [0.1, 0.15) is 6.42 Å². The molecular weight excluding hydrogens is 84.1 g/mol. The van der Waals surface area contributed by atoms with Crippen LogP contribution >= 0.6 is 0 Å². The summed E-state index contributed by atoms with van der Waals surface area (Å²) in [4.78, 5) is 0. The SMILES string of the molecule is C1=CC=CC2CC=12.